The molecule has 0 saturated carbocycles. The number of thiol groups is 1. The predicted molar refractivity (Wildman–Crippen MR) is 59.3 cm³/mol. The Morgan fingerprint density at radius 1 is 1.59 bits per heavy atom. The molecule has 0 amide bonds. The van der Waals surface area contributed by atoms with Gasteiger partial charge in [0.25, 0.3) is 6.43 Å². The van der Waals surface area contributed by atoms with Crippen LogP contribution in [0.1, 0.15) is 34.8 Å². The molecule has 6 heteroatoms. The van der Waals surface area contributed by atoms with E-state index in [0.717, 1.165) is 12.1 Å². The smallest absolute Gasteiger partial charge is 0.340 e. The average molecular weight is 257 g/mol. The summed E-state index contributed by atoms with van der Waals surface area (Å²) in [6.07, 6.45) is -2.76. The Balaban J connectivity index is 3.39. The summed E-state index contributed by atoms with van der Waals surface area (Å²) in [6.45, 7) is 1.68. The summed E-state index contributed by atoms with van der Waals surface area (Å²) in [5.74, 6) is -0.823. The third-order valence-electron chi connectivity index (χ3n) is 2.04. The van der Waals surface area contributed by atoms with Crippen molar-refractivity contribution >= 4 is 18.6 Å². The van der Waals surface area contributed by atoms with Crippen molar-refractivity contribution in [3.05, 3.63) is 28.8 Å². The second-order valence-corrected chi connectivity index (χ2v) is 3.51. The Morgan fingerprint density at radius 2 is 2.24 bits per heavy atom. The largest absolute Gasteiger partial charge is 0.462 e. The molecule has 0 fully saturated rings. The molecule has 0 heterocycles. The van der Waals surface area contributed by atoms with E-state index in [0.29, 0.717) is 0 Å². The lowest BCUT2D eigenvalue weighted by Gasteiger charge is -2.10. The van der Waals surface area contributed by atoms with E-state index in [1.54, 1.807) is 13.0 Å². The number of rotatable bonds is 3. The molecule has 1 rings (SSSR count). The topological polar surface area (TPSA) is 50.1 Å². The number of benzene rings is 1. The molecule has 0 radical (unpaired) electrons. The quantitative estimate of drug-likeness (QED) is 0.669. The Bertz CT molecular complexity index is 483. The van der Waals surface area contributed by atoms with E-state index >= 15 is 0 Å². The van der Waals surface area contributed by atoms with Crippen LogP contribution in [-0.2, 0) is 4.74 Å². The van der Waals surface area contributed by atoms with Crippen molar-refractivity contribution in [3.8, 4) is 6.07 Å². The van der Waals surface area contributed by atoms with Gasteiger partial charge in [0, 0.05) is 10.5 Å². The number of halogens is 2. The Kier molecular flexibility index (Phi) is 4.46. The monoisotopic (exact) mass is 257 g/mol. The first-order chi connectivity index (χ1) is 8.02. The van der Waals surface area contributed by atoms with Gasteiger partial charge in [-0.25, -0.2) is 13.6 Å². The van der Waals surface area contributed by atoms with Gasteiger partial charge in [0.2, 0.25) is 0 Å². The highest BCUT2D eigenvalue weighted by molar-refractivity contribution is 7.80. The van der Waals surface area contributed by atoms with Crippen LogP contribution in [0.3, 0.4) is 0 Å². The van der Waals surface area contributed by atoms with Gasteiger partial charge in [-0.2, -0.15) is 5.26 Å². The van der Waals surface area contributed by atoms with Crippen LogP contribution in [0.5, 0.6) is 0 Å². The van der Waals surface area contributed by atoms with Crippen molar-refractivity contribution in [3.63, 3.8) is 0 Å². The molecule has 0 spiro atoms. The summed E-state index contributed by atoms with van der Waals surface area (Å²) in [7, 11) is 0. The van der Waals surface area contributed by atoms with Gasteiger partial charge < -0.3 is 4.74 Å². The zero-order valence-corrected chi connectivity index (χ0v) is 9.80. The van der Waals surface area contributed by atoms with Crippen LogP contribution in [0.15, 0.2) is 17.0 Å². The predicted octanol–water partition coefficient (Wildman–Crippen LogP) is 2.96. The number of nitrogens with zero attached hydrogens (tertiary/aromatic N) is 1. The van der Waals surface area contributed by atoms with E-state index in [1.807, 2.05) is 0 Å². The molecule has 90 valence electrons. The van der Waals surface area contributed by atoms with Crippen LogP contribution in [0.2, 0.25) is 0 Å². The van der Waals surface area contributed by atoms with Gasteiger partial charge >= 0.3 is 5.97 Å². The van der Waals surface area contributed by atoms with Crippen molar-refractivity contribution in [2.75, 3.05) is 6.61 Å². The minimum atomic E-state index is -2.76. The van der Waals surface area contributed by atoms with E-state index in [2.05, 4.69) is 12.6 Å². The fraction of sp³-hybridized carbons (Fsp3) is 0.273. The number of ether oxygens (including phenoxy) is 1. The zero-order valence-electron chi connectivity index (χ0n) is 8.91. The maximum atomic E-state index is 12.6. The summed E-state index contributed by atoms with van der Waals surface area (Å²) in [5.41, 5.74) is -0.635. The first kappa shape index (κ1) is 13.5. The Hall–Kier alpha value is -1.61. The van der Waals surface area contributed by atoms with Crippen molar-refractivity contribution < 1.29 is 18.3 Å². The van der Waals surface area contributed by atoms with E-state index in [-0.39, 0.29) is 22.6 Å². The average Bonchev–Trinajstić information content (AvgIpc) is 2.27. The molecule has 0 aromatic heterocycles. The van der Waals surface area contributed by atoms with Crippen LogP contribution in [0, 0.1) is 11.3 Å². The van der Waals surface area contributed by atoms with Crippen molar-refractivity contribution in [2.24, 2.45) is 0 Å². The highest BCUT2D eigenvalue weighted by Gasteiger charge is 2.22. The van der Waals surface area contributed by atoms with Gasteiger partial charge in [-0.1, -0.05) is 6.07 Å². The zero-order chi connectivity index (χ0) is 13.0. The van der Waals surface area contributed by atoms with Crippen LogP contribution in [0.4, 0.5) is 8.78 Å². The molecule has 0 bridgehead atoms. The third kappa shape index (κ3) is 2.74. The summed E-state index contributed by atoms with van der Waals surface area (Å²) in [6, 6.07) is 3.99. The summed E-state index contributed by atoms with van der Waals surface area (Å²) >= 11 is 3.87. The molecule has 17 heavy (non-hydrogen) atoms. The molecule has 0 atom stereocenters. The van der Waals surface area contributed by atoms with E-state index in [4.69, 9.17) is 10.00 Å². The minimum absolute atomic E-state index is 0.0298. The van der Waals surface area contributed by atoms with E-state index in [9.17, 15) is 13.6 Å². The summed E-state index contributed by atoms with van der Waals surface area (Å²) in [5, 5.41) is 8.81. The first-order valence-electron chi connectivity index (χ1n) is 4.74. The van der Waals surface area contributed by atoms with Gasteiger partial charge in [-0.05, 0) is 13.0 Å². The Labute approximate surface area is 102 Å². The standard InChI is InChI=1S/C11H9F2NO2S/c1-2-16-11(15)8-6(5-14)3-4-7(9(8)17)10(12)13/h3-4,10,17H,2H2,1H3. The van der Waals surface area contributed by atoms with Crippen LogP contribution in [-0.4, -0.2) is 12.6 Å². The van der Waals surface area contributed by atoms with Gasteiger partial charge in [0.15, 0.2) is 0 Å². The minimum Gasteiger partial charge on any atom is -0.462 e. The summed E-state index contributed by atoms with van der Waals surface area (Å²) < 4.78 is 29.9. The van der Waals surface area contributed by atoms with Crippen LogP contribution < -0.4 is 0 Å². The molecule has 0 N–H and O–H groups in total. The highest BCUT2D eigenvalue weighted by atomic mass is 32.1. The molecule has 0 unspecified atom stereocenters. The molecular weight excluding hydrogens is 248 g/mol. The molecule has 0 aliphatic rings. The molecule has 1 aromatic carbocycles. The van der Waals surface area contributed by atoms with E-state index < -0.39 is 18.0 Å². The van der Waals surface area contributed by atoms with Crippen molar-refractivity contribution in [2.45, 2.75) is 18.2 Å². The maximum absolute atomic E-state index is 12.6. The number of esters is 1. The number of hydrogen-bond donors (Lipinski definition) is 1. The molecule has 0 aliphatic heterocycles. The third-order valence-corrected chi connectivity index (χ3v) is 2.53. The van der Waals surface area contributed by atoms with E-state index in [1.165, 1.54) is 0 Å². The number of carbonyl (C=O) groups excluding carboxylic acids is 1. The summed E-state index contributed by atoms with van der Waals surface area (Å²) in [4.78, 5) is 11.3. The fourth-order valence-corrected chi connectivity index (χ4v) is 1.67. The molecular formula is C11H9F2NO2S. The lowest BCUT2D eigenvalue weighted by atomic mass is 10.0. The maximum Gasteiger partial charge on any atom is 0.340 e. The number of nitriles is 1. The Morgan fingerprint density at radius 3 is 2.71 bits per heavy atom. The molecule has 1 aromatic rings. The fourth-order valence-electron chi connectivity index (χ4n) is 1.29. The number of carbonyl (C=O) groups is 1. The second kappa shape index (κ2) is 5.64. The van der Waals surface area contributed by atoms with Crippen LogP contribution >= 0.6 is 12.6 Å². The SMILES string of the molecule is CCOC(=O)c1c(C#N)ccc(C(F)F)c1S. The molecule has 0 aliphatic carbocycles. The highest BCUT2D eigenvalue weighted by Crippen LogP contribution is 2.30. The second-order valence-electron chi connectivity index (χ2n) is 3.06. The number of hydrogen-bond acceptors (Lipinski definition) is 4. The normalized spacial score (nSPS) is 10.1. The van der Waals surface area contributed by atoms with Crippen molar-refractivity contribution in [1.29, 1.82) is 5.26 Å². The number of alkyl halides is 2. The van der Waals surface area contributed by atoms with Crippen LogP contribution in [0.25, 0.3) is 0 Å². The molecule has 0 saturated heterocycles. The van der Waals surface area contributed by atoms with Gasteiger partial charge in [0.1, 0.15) is 6.07 Å². The lowest BCUT2D eigenvalue weighted by Crippen LogP contribution is -2.09. The first-order valence-corrected chi connectivity index (χ1v) is 5.18. The lowest BCUT2D eigenvalue weighted by molar-refractivity contribution is 0.0521. The molecule has 3 nitrogen and oxygen atoms in total. The van der Waals surface area contributed by atoms with Gasteiger partial charge in [-0.15, -0.1) is 12.6 Å². The van der Waals surface area contributed by atoms with Crippen molar-refractivity contribution in [1.82, 2.24) is 0 Å². The van der Waals surface area contributed by atoms with Gasteiger partial charge in [-0.3, -0.25) is 0 Å². The van der Waals surface area contributed by atoms with Gasteiger partial charge in [0.05, 0.1) is 17.7 Å².